The summed E-state index contributed by atoms with van der Waals surface area (Å²) in [7, 11) is 0. The maximum absolute atomic E-state index is 13.4. The van der Waals surface area contributed by atoms with E-state index in [1.54, 1.807) is 4.68 Å². The van der Waals surface area contributed by atoms with Crippen LogP contribution in [0.1, 0.15) is 11.3 Å². The van der Waals surface area contributed by atoms with Crippen molar-refractivity contribution >= 4 is 16.5 Å². The van der Waals surface area contributed by atoms with Crippen LogP contribution in [0, 0.1) is 13.8 Å². The molecule has 30 heavy (non-hydrogen) atoms. The normalized spacial score (nSPS) is 14.4. The number of anilines is 1. The summed E-state index contributed by atoms with van der Waals surface area (Å²) >= 11 is 0. The Kier molecular flexibility index (Phi) is 4.64. The van der Waals surface area contributed by atoms with Crippen LogP contribution in [-0.4, -0.2) is 41.1 Å². The van der Waals surface area contributed by atoms with Crippen molar-refractivity contribution in [1.82, 2.24) is 14.8 Å². The fourth-order valence-corrected chi connectivity index (χ4v) is 4.04. The van der Waals surface area contributed by atoms with Gasteiger partial charge in [-0.05, 0) is 49.7 Å². The molecule has 0 amide bonds. The zero-order valence-corrected chi connectivity index (χ0v) is 17.2. The van der Waals surface area contributed by atoms with E-state index in [0.29, 0.717) is 18.6 Å². The average molecular weight is 400 g/mol. The number of morpholine rings is 1. The van der Waals surface area contributed by atoms with Crippen LogP contribution in [-0.2, 0) is 4.74 Å². The third-order valence-electron chi connectivity index (χ3n) is 5.69. The van der Waals surface area contributed by atoms with Crippen LogP contribution in [0.3, 0.4) is 0 Å². The molecule has 0 saturated carbocycles. The maximum atomic E-state index is 13.4. The molecule has 5 rings (SSSR count). The van der Waals surface area contributed by atoms with Crippen LogP contribution in [0.5, 0.6) is 0 Å². The van der Waals surface area contributed by atoms with E-state index in [2.05, 4.69) is 28.1 Å². The minimum Gasteiger partial charge on any atom is -0.378 e. The van der Waals surface area contributed by atoms with Gasteiger partial charge in [0.1, 0.15) is 5.69 Å². The van der Waals surface area contributed by atoms with Crippen molar-refractivity contribution in [3.05, 3.63) is 76.2 Å². The molecule has 1 saturated heterocycles. The highest BCUT2D eigenvalue weighted by Gasteiger charge is 2.17. The van der Waals surface area contributed by atoms with Gasteiger partial charge in [0, 0.05) is 29.9 Å². The topological polar surface area (TPSA) is 63.1 Å². The summed E-state index contributed by atoms with van der Waals surface area (Å²) in [4.78, 5) is 19.1. The third kappa shape index (κ3) is 3.19. The van der Waals surface area contributed by atoms with E-state index in [4.69, 9.17) is 9.84 Å². The molecule has 152 valence electrons. The van der Waals surface area contributed by atoms with Crippen LogP contribution < -0.4 is 10.5 Å². The molecule has 0 unspecified atom stereocenters. The van der Waals surface area contributed by atoms with Crippen LogP contribution in [0.15, 0.2) is 59.4 Å². The molecule has 2 aromatic heterocycles. The van der Waals surface area contributed by atoms with Gasteiger partial charge in [-0.1, -0.05) is 24.3 Å². The molecule has 0 bridgehead atoms. The van der Waals surface area contributed by atoms with Gasteiger partial charge in [-0.2, -0.15) is 9.78 Å². The molecular weight excluding hydrogens is 376 g/mol. The Labute approximate surface area is 174 Å². The fourth-order valence-electron chi connectivity index (χ4n) is 4.04. The number of H-pyrrole nitrogens is 1. The zero-order valence-electron chi connectivity index (χ0n) is 17.2. The number of hydrogen-bond donors (Lipinski definition) is 1. The lowest BCUT2D eigenvalue weighted by atomic mass is 10.1. The lowest BCUT2D eigenvalue weighted by molar-refractivity contribution is 0.122. The molecule has 1 N–H and O–H groups in total. The van der Waals surface area contributed by atoms with E-state index in [1.165, 1.54) is 0 Å². The zero-order chi connectivity index (χ0) is 20.7. The summed E-state index contributed by atoms with van der Waals surface area (Å²) in [5, 5.41) is 6.34. The standard InChI is InChI=1S/C24H24N4O2/c1-16-7-9-18(27-11-13-30-14-12-27)15-22(16)28-24(29)20-6-4-3-5-19(20)23(26-28)21-10-8-17(2)25-21/h3-10,15,25H,11-14H2,1-2H3. The number of rotatable bonds is 3. The Morgan fingerprint density at radius 3 is 2.47 bits per heavy atom. The molecular formula is C24H24N4O2. The molecule has 0 spiro atoms. The van der Waals surface area contributed by atoms with E-state index in [9.17, 15) is 4.79 Å². The Hall–Kier alpha value is -3.38. The number of aromatic nitrogens is 3. The fraction of sp³-hybridized carbons (Fsp3) is 0.250. The van der Waals surface area contributed by atoms with E-state index < -0.39 is 0 Å². The molecule has 3 heterocycles. The lowest BCUT2D eigenvalue weighted by Crippen LogP contribution is -2.36. The monoisotopic (exact) mass is 400 g/mol. The van der Waals surface area contributed by atoms with Crippen molar-refractivity contribution in [2.45, 2.75) is 13.8 Å². The highest BCUT2D eigenvalue weighted by molar-refractivity contribution is 5.93. The smallest absolute Gasteiger partial charge is 0.279 e. The summed E-state index contributed by atoms with van der Waals surface area (Å²) < 4.78 is 7.03. The highest BCUT2D eigenvalue weighted by Crippen LogP contribution is 2.27. The summed E-state index contributed by atoms with van der Waals surface area (Å²) in [5.74, 6) is 0. The summed E-state index contributed by atoms with van der Waals surface area (Å²) in [5.41, 5.74) is 5.51. The van der Waals surface area contributed by atoms with Crippen LogP contribution >= 0.6 is 0 Å². The van der Waals surface area contributed by atoms with Gasteiger partial charge in [0.2, 0.25) is 0 Å². The minimum atomic E-state index is -0.111. The third-order valence-corrected chi connectivity index (χ3v) is 5.69. The van der Waals surface area contributed by atoms with Crippen molar-refractivity contribution in [3.8, 4) is 17.1 Å². The van der Waals surface area contributed by atoms with Crippen molar-refractivity contribution in [2.24, 2.45) is 0 Å². The first-order valence-corrected chi connectivity index (χ1v) is 10.2. The molecule has 2 aromatic carbocycles. The molecule has 6 nitrogen and oxygen atoms in total. The summed E-state index contributed by atoms with van der Waals surface area (Å²) in [6.45, 7) is 7.14. The predicted molar refractivity (Wildman–Crippen MR) is 120 cm³/mol. The Morgan fingerprint density at radius 1 is 0.967 bits per heavy atom. The van der Waals surface area contributed by atoms with Crippen molar-refractivity contribution in [3.63, 3.8) is 0 Å². The molecule has 1 aliphatic rings. The SMILES string of the molecule is Cc1ccc(-c2nn(-c3cc(N4CCOCC4)ccc3C)c(=O)c3ccccc23)[nH]1. The van der Waals surface area contributed by atoms with E-state index >= 15 is 0 Å². The van der Waals surface area contributed by atoms with Crippen LogP contribution in [0.2, 0.25) is 0 Å². The number of aryl methyl sites for hydroxylation is 2. The average Bonchev–Trinajstić information content (AvgIpc) is 3.21. The van der Waals surface area contributed by atoms with Gasteiger partial charge in [-0.15, -0.1) is 0 Å². The van der Waals surface area contributed by atoms with E-state index in [-0.39, 0.29) is 5.56 Å². The van der Waals surface area contributed by atoms with Gasteiger partial charge < -0.3 is 14.6 Å². The molecule has 0 atom stereocenters. The summed E-state index contributed by atoms with van der Waals surface area (Å²) in [6.07, 6.45) is 0. The van der Waals surface area contributed by atoms with Crippen LogP contribution in [0.4, 0.5) is 5.69 Å². The molecule has 1 fully saturated rings. The van der Waals surface area contributed by atoms with Crippen molar-refractivity contribution < 1.29 is 4.74 Å². The van der Waals surface area contributed by atoms with Gasteiger partial charge in [-0.25, -0.2) is 0 Å². The first kappa shape index (κ1) is 18.6. The largest absolute Gasteiger partial charge is 0.378 e. The van der Waals surface area contributed by atoms with Crippen molar-refractivity contribution in [2.75, 3.05) is 31.2 Å². The Morgan fingerprint density at radius 2 is 1.73 bits per heavy atom. The number of aromatic amines is 1. The first-order chi connectivity index (χ1) is 14.6. The van der Waals surface area contributed by atoms with Gasteiger partial charge >= 0.3 is 0 Å². The van der Waals surface area contributed by atoms with Gasteiger partial charge in [0.15, 0.2) is 0 Å². The second-order valence-electron chi connectivity index (χ2n) is 7.74. The lowest BCUT2D eigenvalue weighted by Gasteiger charge is -2.29. The number of benzene rings is 2. The first-order valence-electron chi connectivity index (χ1n) is 10.2. The number of nitrogens with zero attached hydrogens (tertiary/aromatic N) is 3. The van der Waals surface area contributed by atoms with Gasteiger partial charge in [-0.3, -0.25) is 4.79 Å². The second-order valence-corrected chi connectivity index (χ2v) is 7.74. The molecule has 4 aromatic rings. The number of hydrogen-bond acceptors (Lipinski definition) is 4. The Balaban J connectivity index is 1.73. The highest BCUT2D eigenvalue weighted by atomic mass is 16.5. The maximum Gasteiger partial charge on any atom is 0.279 e. The molecule has 6 heteroatoms. The van der Waals surface area contributed by atoms with Gasteiger partial charge in [0.25, 0.3) is 5.56 Å². The van der Waals surface area contributed by atoms with Crippen LogP contribution in [0.25, 0.3) is 27.8 Å². The van der Waals surface area contributed by atoms with Crippen molar-refractivity contribution in [1.29, 1.82) is 0 Å². The van der Waals surface area contributed by atoms with Gasteiger partial charge in [0.05, 0.1) is 30.0 Å². The minimum absolute atomic E-state index is 0.111. The number of fused-ring (bicyclic) bond motifs is 1. The predicted octanol–water partition coefficient (Wildman–Crippen LogP) is 3.83. The van der Waals surface area contributed by atoms with E-state index in [1.807, 2.05) is 50.2 Å². The molecule has 0 aliphatic carbocycles. The number of ether oxygens (including phenoxy) is 1. The quantitative estimate of drug-likeness (QED) is 0.568. The molecule has 1 aliphatic heterocycles. The number of nitrogens with one attached hydrogen (secondary N) is 1. The summed E-state index contributed by atoms with van der Waals surface area (Å²) in [6, 6.07) is 17.9. The molecule has 0 radical (unpaired) electrons. The van der Waals surface area contributed by atoms with E-state index in [0.717, 1.165) is 52.5 Å². The second kappa shape index (κ2) is 7.46. The Bertz CT molecular complexity index is 1280.